The van der Waals surface area contributed by atoms with Gasteiger partial charge in [0.1, 0.15) is 11.4 Å². The van der Waals surface area contributed by atoms with E-state index in [9.17, 15) is 23.7 Å². The van der Waals surface area contributed by atoms with Crippen molar-refractivity contribution in [3.05, 3.63) is 27.4 Å². The van der Waals surface area contributed by atoms with E-state index in [2.05, 4.69) is 9.72 Å². The van der Waals surface area contributed by atoms with Gasteiger partial charge in [0.25, 0.3) is 12.1 Å². The Morgan fingerprint density at radius 3 is 2.72 bits per heavy atom. The van der Waals surface area contributed by atoms with Gasteiger partial charge in [-0.25, -0.2) is 18.6 Å². The minimum atomic E-state index is -3.16. The molecule has 1 heterocycles. The van der Waals surface area contributed by atoms with Crippen molar-refractivity contribution in [2.45, 2.75) is 13.3 Å². The minimum Gasteiger partial charge on any atom is -0.462 e. The van der Waals surface area contributed by atoms with Gasteiger partial charge in [-0.2, -0.15) is 0 Å². The largest absolute Gasteiger partial charge is 0.462 e. The average molecular weight is 261 g/mol. The highest BCUT2D eigenvalue weighted by Crippen LogP contribution is 2.30. The Kier molecular flexibility index (Phi) is 4.08. The van der Waals surface area contributed by atoms with E-state index in [1.165, 1.54) is 6.92 Å². The van der Waals surface area contributed by atoms with Crippen molar-refractivity contribution in [1.82, 2.24) is 4.98 Å². The first-order valence-electron chi connectivity index (χ1n) is 4.78. The van der Waals surface area contributed by atoms with Gasteiger partial charge in [0.15, 0.2) is 5.69 Å². The summed E-state index contributed by atoms with van der Waals surface area (Å²) in [6.07, 6.45) is -3.16. The molecule has 1 aromatic heterocycles. The number of nitrogens with two attached hydrogens (primary N) is 1. The molecule has 0 aliphatic carbocycles. The monoisotopic (exact) mass is 261 g/mol. The van der Waals surface area contributed by atoms with Crippen molar-refractivity contribution in [3.63, 3.8) is 0 Å². The fourth-order valence-electron chi connectivity index (χ4n) is 1.21. The van der Waals surface area contributed by atoms with Crippen LogP contribution < -0.4 is 5.73 Å². The Morgan fingerprint density at radius 1 is 1.67 bits per heavy atom. The van der Waals surface area contributed by atoms with Gasteiger partial charge < -0.3 is 10.5 Å². The summed E-state index contributed by atoms with van der Waals surface area (Å²) < 4.78 is 29.6. The number of esters is 1. The van der Waals surface area contributed by atoms with Crippen LogP contribution in [0, 0.1) is 10.1 Å². The molecular weight excluding hydrogens is 252 g/mol. The summed E-state index contributed by atoms with van der Waals surface area (Å²) in [6, 6.07) is 0.641. The number of alkyl halides is 2. The normalized spacial score (nSPS) is 10.4. The number of nitro groups is 1. The summed E-state index contributed by atoms with van der Waals surface area (Å²) in [6.45, 7) is 1.53. The van der Waals surface area contributed by atoms with Crippen LogP contribution in [0.1, 0.15) is 29.4 Å². The molecule has 18 heavy (non-hydrogen) atoms. The molecule has 1 aromatic rings. The predicted molar refractivity (Wildman–Crippen MR) is 56.2 cm³/mol. The molecule has 0 fully saturated rings. The lowest BCUT2D eigenvalue weighted by Crippen LogP contribution is -2.12. The Bertz CT molecular complexity index is 493. The van der Waals surface area contributed by atoms with E-state index in [1.54, 1.807) is 0 Å². The van der Waals surface area contributed by atoms with Crippen LogP contribution in [0.2, 0.25) is 0 Å². The van der Waals surface area contributed by atoms with Crippen molar-refractivity contribution in [2.24, 2.45) is 0 Å². The smallest absolute Gasteiger partial charge is 0.342 e. The molecule has 0 saturated heterocycles. The molecule has 0 aromatic carbocycles. The van der Waals surface area contributed by atoms with Crippen LogP contribution in [0.4, 0.5) is 20.3 Å². The molecule has 1 rings (SSSR count). The average Bonchev–Trinajstić information content (AvgIpc) is 2.28. The van der Waals surface area contributed by atoms with E-state index >= 15 is 0 Å². The Labute approximate surface area is 99.7 Å². The summed E-state index contributed by atoms with van der Waals surface area (Å²) >= 11 is 0. The third kappa shape index (κ3) is 2.67. The van der Waals surface area contributed by atoms with E-state index in [4.69, 9.17) is 5.73 Å². The van der Waals surface area contributed by atoms with Crippen LogP contribution in [-0.4, -0.2) is 22.5 Å². The van der Waals surface area contributed by atoms with E-state index in [0.29, 0.717) is 6.07 Å². The molecule has 2 N–H and O–H groups in total. The zero-order valence-corrected chi connectivity index (χ0v) is 9.22. The highest BCUT2D eigenvalue weighted by atomic mass is 19.3. The van der Waals surface area contributed by atoms with Gasteiger partial charge >= 0.3 is 5.97 Å². The number of nitrogens with zero attached hydrogens (tertiary/aromatic N) is 2. The van der Waals surface area contributed by atoms with Crippen LogP contribution in [0.3, 0.4) is 0 Å². The second kappa shape index (κ2) is 5.34. The first kappa shape index (κ1) is 13.7. The molecule has 0 atom stereocenters. The summed E-state index contributed by atoms with van der Waals surface area (Å²) in [7, 11) is 0. The van der Waals surface area contributed by atoms with E-state index in [-0.39, 0.29) is 6.61 Å². The second-order valence-electron chi connectivity index (χ2n) is 3.10. The lowest BCUT2D eigenvalue weighted by Gasteiger charge is -2.07. The third-order valence-corrected chi connectivity index (χ3v) is 1.96. The second-order valence-corrected chi connectivity index (χ2v) is 3.10. The number of nitrogen functional groups attached to an aromatic ring is 1. The van der Waals surface area contributed by atoms with E-state index < -0.39 is 40.1 Å². The maximum atomic E-state index is 12.5. The topological polar surface area (TPSA) is 108 Å². The van der Waals surface area contributed by atoms with Crippen molar-refractivity contribution in [3.8, 4) is 0 Å². The molecular formula is C9H9F2N3O4. The number of carbonyl (C=O) groups is 1. The molecule has 0 unspecified atom stereocenters. The first-order chi connectivity index (χ1) is 8.38. The molecule has 0 aliphatic rings. The van der Waals surface area contributed by atoms with E-state index in [1.807, 2.05) is 0 Å². The van der Waals surface area contributed by atoms with Gasteiger partial charge in [0.2, 0.25) is 0 Å². The molecule has 0 radical (unpaired) electrons. The molecule has 98 valence electrons. The molecule has 0 spiro atoms. The number of hydrogen-bond donors (Lipinski definition) is 1. The van der Waals surface area contributed by atoms with Gasteiger partial charge in [0, 0.05) is 6.07 Å². The Hall–Kier alpha value is -2.32. The highest BCUT2D eigenvalue weighted by molar-refractivity contribution is 5.95. The van der Waals surface area contributed by atoms with Crippen LogP contribution >= 0.6 is 0 Å². The van der Waals surface area contributed by atoms with Crippen LogP contribution in [0.25, 0.3) is 0 Å². The quantitative estimate of drug-likeness (QED) is 0.501. The fourth-order valence-corrected chi connectivity index (χ4v) is 1.21. The Balaban J connectivity index is 3.36. The summed E-state index contributed by atoms with van der Waals surface area (Å²) in [5.74, 6) is -1.49. The zero-order valence-electron chi connectivity index (χ0n) is 9.22. The SMILES string of the molecule is CCOC(=O)c1cc([N+](=O)[O-])c(C(F)F)nc1N. The summed E-state index contributed by atoms with van der Waals surface area (Å²) in [4.78, 5) is 24.1. The standard InChI is InChI=1S/C9H9F2N3O4/c1-2-18-9(15)4-3-5(14(16)17)6(7(10)11)13-8(4)12/h3,7H,2H2,1H3,(H2,12,13). The molecule has 7 nitrogen and oxygen atoms in total. The van der Waals surface area contributed by atoms with Crippen LogP contribution in [0.15, 0.2) is 6.07 Å². The van der Waals surface area contributed by atoms with E-state index in [0.717, 1.165) is 0 Å². The molecule has 0 aliphatic heterocycles. The molecule has 0 bridgehead atoms. The number of anilines is 1. The maximum Gasteiger partial charge on any atom is 0.342 e. The molecule has 9 heteroatoms. The van der Waals surface area contributed by atoms with Crippen molar-refractivity contribution >= 4 is 17.5 Å². The van der Waals surface area contributed by atoms with Crippen molar-refractivity contribution < 1.29 is 23.2 Å². The lowest BCUT2D eigenvalue weighted by atomic mass is 10.2. The number of ether oxygens (including phenoxy) is 1. The number of aromatic nitrogens is 1. The van der Waals surface area contributed by atoms with Crippen molar-refractivity contribution in [2.75, 3.05) is 12.3 Å². The lowest BCUT2D eigenvalue weighted by molar-refractivity contribution is -0.386. The predicted octanol–water partition coefficient (Wildman–Crippen LogP) is 1.69. The van der Waals surface area contributed by atoms with Gasteiger partial charge in [0.05, 0.1) is 11.5 Å². The van der Waals surface area contributed by atoms with Crippen molar-refractivity contribution in [1.29, 1.82) is 0 Å². The Morgan fingerprint density at radius 2 is 2.28 bits per heavy atom. The molecule has 0 saturated carbocycles. The summed E-state index contributed by atoms with van der Waals surface area (Å²) in [5.41, 5.74) is 2.83. The number of halogens is 2. The fraction of sp³-hybridized carbons (Fsp3) is 0.333. The van der Waals surface area contributed by atoms with Gasteiger partial charge in [-0.1, -0.05) is 0 Å². The molecule has 0 amide bonds. The number of carbonyl (C=O) groups excluding carboxylic acids is 1. The third-order valence-electron chi connectivity index (χ3n) is 1.96. The van der Waals surface area contributed by atoms with Gasteiger partial charge in [-0.05, 0) is 6.92 Å². The van der Waals surface area contributed by atoms with Crippen LogP contribution in [-0.2, 0) is 4.74 Å². The maximum absolute atomic E-state index is 12.5. The summed E-state index contributed by atoms with van der Waals surface area (Å²) in [5, 5.41) is 10.6. The number of hydrogen-bond acceptors (Lipinski definition) is 6. The number of pyridine rings is 1. The van der Waals surface area contributed by atoms with Crippen LogP contribution in [0.5, 0.6) is 0 Å². The number of rotatable bonds is 4. The zero-order chi connectivity index (χ0) is 13.9. The highest BCUT2D eigenvalue weighted by Gasteiger charge is 2.28. The van der Waals surface area contributed by atoms with Gasteiger partial charge in [-0.3, -0.25) is 10.1 Å². The first-order valence-corrected chi connectivity index (χ1v) is 4.78. The van der Waals surface area contributed by atoms with Gasteiger partial charge in [-0.15, -0.1) is 0 Å². The minimum absolute atomic E-state index is 0.0165.